The van der Waals surface area contributed by atoms with E-state index in [-0.39, 0.29) is 0 Å². The molecule has 0 radical (unpaired) electrons. The minimum Gasteiger partial charge on any atom is -0.378 e. The van der Waals surface area contributed by atoms with E-state index in [2.05, 4.69) is 73.7 Å². The molecule has 2 fully saturated rings. The highest BCUT2D eigenvalue weighted by atomic mass is 16.5. The second kappa shape index (κ2) is 9.35. The molecule has 8 nitrogen and oxygen atoms in total. The van der Waals surface area contributed by atoms with Gasteiger partial charge in [-0.05, 0) is 61.8 Å². The van der Waals surface area contributed by atoms with Crippen LogP contribution in [-0.2, 0) is 24.6 Å². The van der Waals surface area contributed by atoms with Crippen LogP contribution in [0.2, 0.25) is 0 Å². The maximum Gasteiger partial charge on any atom is 0.158 e. The lowest BCUT2D eigenvalue weighted by atomic mass is 9.87. The average molecular weight is 532 g/mol. The second-order valence-corrected chi connectivity index (χ2v) is 11.6. The maximum absolute atomic E-state index is 5.74. The van der Waals surface area contributed by atoms with E-state index in [0.29, 0.717) is 18.1 Å². The fraction of sp³-hybridized carbons (Fsp3) is 0.375. The first kappa shape index (κ1) is 24.0. The minimum atomic E-state index is 0.648. The van der Waals surface area contributed by atoms with Gasteiger partial charge in [0.15, 0.2) is 11.5 Å². The summed E-state index contributed by atoms with van der Waals surface area (Å²) in [5.41, 5.74) is 9.12. The molecule has 2 unspecified atom stereocenters. The summed E-state index contributed by atoms with van der Waals surface area (Å²) in [6.45, 7) is 3.74. The lowest BCUT2D eigenvalue weighted by Crippen LogP contribution is -2.66. The Labute approximate surface area is 233 Å². The second-order valence-electron chi connectivity index (χ2n) is 11.6. The number of aromatic amines is 1. The number of H-pyrrole nitrogens is 1. The number of morpholine rings is 1. The molecule has 3 aromatic heterocycles. The molecular weight excluding hydrogens is 498 g/mol. The van der Waals surface area contributed by atoms with Gasteiger partial charge in [0.25, 0.3) is 0 Å². The van der Waals surface area contributed by atoms with Crippen molar-refractivity contribution in [3.8, 4) is 33.8 Å². The topological polar surface area (TPSA) is 84.8 Å². The molecule has 8 rings (SSSR count). The number of fused-ring (bicyclic) bond motifs is 4. The third kappa shape index (κ3) is 3.97. The van der Waals surface area contributed by atoms with Gasteiger partial charge in [-0.3, -0.25) is 10.00 Å². The third-order valence-corrected chi connectivity index (χ3v) is 9.16. The monoisotopic (exact) mass is 531 g/mol. The molecule has 0 saturated carbocycles. The van der Waals surface area contributed by atoms with Gasteiger partial charge in [-0.2, -0.15) is 10.2 Å². The van der Waals surface area contributed by atoms with Crippen LogP contribution < -0.4 is 0 Å². The quantitative estimate of drug-likeness (QED) is 0.324. The zero-order valence-corrected chi connectivity index (χ0v) is 23.0. The Kier molecular flexibility index (Phi) is 5.60. The zero-order chi connectivity index (χ0) is 26.8. The molecule has 2 bridgehead atoms. The summed E-state index contributed by atoms with van der Waals surface area (Å²) >= 11 is 0. The van der Waals surface area contributed by atoms with Crippen molar-refractivity contribution in [2.45, 2.75) is 57.2 Å². The summed E-state index contributed by atoms with van der Waals surface area (Å²) in [5, 5.41) is 13.2. The predicted octanol–water partition coefficient (Wildman–Crippen LogP) is 5.12. The Morgan fingerprint density at radius 3 is 2.35 bits per heavy atom. The van der Waals surface area contributed by atoms with Crippen LogP contribution in [0.1, 0.15) is 36.2 Å². The molecule has 8 heteroatoms. The van der Waals surface area contributed by atoms with Crippen LogP contribution in [0.5, 0.6) is 0 Å². The molecule has 40 heavy (non-hydrogen) atoms. The van der Waals surface area contributed by atoms with Crippen molar-refractivity contribution in [1.82, 2.24) is 34.8 Å². The van der Waals surface area contributed by atoms with Gasteiger partial charge in [-0.25, -0.2) is 14.6 Å². The Morgan fingerprint density at radius 2 is 1.60 bits per heavy atom. The lowest BCUT2D eigenvalue weighted by Gasteiger charge is -2.56. The first-order chi connectivity index (χ1) is 19.6. The van der Waals surface area contributed by atoms with E-state index in [9.17, 15) is 0 Å². The van der Waals surface area contributed by atoms with Gasteiger partial charge < -0.3 is 4.74 Å². The molecule has 202 valence electrons. The highest BCUT2D eigenvalue weighted by molar-refractivity contribution is 5.93. The number of ether oxygens (including phenoxy) is 1. The number of nitrogens with one attached hydrogen (secondary N) is 1. The number of hydrogen-bond acceptors (Lipinski definition) is 6. The number of pyridine rings is 1. The van der Waals surface area contributed by atoms with E-state index in [0.717, 1.165) is 71.1 Å². The van der Waals surface area contributed by atoms with Crippen molar-refractivity contribution in [2.24, 2.45) is 7.05 Å². The van der Waals surface area contributed by atoms with Gasteiger partial charge in [0.1, 0.15) is 11.5 Å². The van der Waals surface area contributed by atoms with Gasteiger partial charge in [0.2, 0.25) is 0 Å². The molecule has 3 atom stereocenters. The van der Waals surface area contributed by atoms with Crippen molar-refractivity contribution < 1.29 is 4.74 Å². The van der Waals surface area contributed by atoms with Crippen LogP contribution in [-0.4, -0.2) is 66.2 Å². The number of nitrogens with zero attached hydrogens (tertiary/aromatic N) is 6. The average Bonchev–Trinajstić information content (AvgIpc) is 3.49. The summed E-state index contributed by atoms with van der Waals surface area (Å²) in [6.07, 6.45) is 8.06. The van der Waals surface area contributed by atoms with Gasteiger partial charge in [0.05, 0.1) is 13.2 Å². The van der Waals surface area contributed by atoms with Crippen LogP contribution in [0.15, 0.2) is 54.7 Å². The summed E-state index contributed by atoms with van der Waals surface area (Å²) in [6, 6.07) is 19.6. The molecule has 0 amide bonds. The number of aryl methyl sites for hydroxylation is 4. The first-order valence-corrected chi connectivity index (χ1v) is 14.4. The van der Waals surface area contributed by atoms with Crippen LogP contribution >= 0.6 is 0 Å². The van der Waals surface area contributed by atoms with Crippen molar-refractivity contribution in [2.75, 3.05) is 13.2 Å². The fourth-order valence-corrected chi connectivity index (χ4v) is 7.15. The van der Waals surface area contributed by atoms with Crippen LogP contribution in [0.4, 0.5) is 0 Å². The number of rotatable bonds is 4. The minimum absolute atomic E-state index is 0.648. The van der Waals surface area contributed by atoms with E-state index < -0.39 is 0 Å². The third-order valence-electron chi connectivity index (χ3n) is 9.16. The predicted molar refractivity (Wildman–Crippen MR) is 155 cm³/mol. The summed E-state index contributed by atoms with van der Waals surface area (Å²) < 4.78 is 7.56. The summed E-state index contributed by atoms with van der Waals surface area (Å²) in [5.74, 6) is 1.63. The standard InChI is InChI=1S/C32H33N7O/c1-19-34-32(38(2)37-19)22-6-4-21(5-7-22)30-29-14-25(16-33-31(29)36-35-30)24-8-3-20-9-11-26(12-10-23(20)13-24)39-27-15-28(39)18-40-17-27/h3-8,13-14,16,26-28H,9-12,15,17-18H2,1-2H3,(H,33,35,36)/t26-,27?,28?/m0/s1. The molecule has 5 aromatic rings. The highest BCUT2D eigenvalue weighted by Gasteiger charge is 2.45. The largest absolute Gasteiger partial charge is 0.378 e. The molecule has 3 aliphatic rings. The van der Waals surface area contributed by atoms with Gasteiger partial charge in [-0.15, -0.1) is 0 Å². The summed E-state index contributed by atoms with van der Waals surface area (Å²) in [7, 11) is 1.92. The maximum atomic E-state index is 5.74. The van der Waals surface area contributed by atoms with E-state index in [1.54, 1.807) is 0 Å². The Morgan fingerprint density at radius 1 is 0.850 bits per heavy atom. The van der Waals surface area contributed by atoms with E-state index in [4.69, 9.17) is 9.72 Å². The molecule has 2 aliphatic heterocycles. The van der Waals surface area contributed by atoms with Gasteiger partial charge in [-0.1, -0.05) is 42.5 Å². The van der Waals surface area contributed by atoms with E-state index in [1.807, 2.05) is 24.9 Å². The summed E-state index contributed by atoms with van der Waals surface area (Å²) in [4.78, 5) is 12.1. The molecule has 0 spiro atoms. The van der Waals surface area contributed by atoms with Gasteiger partial charge >= 0.3 is 0 Å². The lowest BCUT2D eigenvalue weighted by molar-refractivity contribution is -0.148. The Bertz CT molecular complexity index is 1710. The molecule has 2 saturated heterocycles. The number of hydrogen-bond donors (Lipinski definition) is 1. The van der Waals surface area contributed by atoms with E-state index >= 15 is 0 Å². The normalized spacial score (nSPS) is 22.6. The van der Waals surface area contributed by atoms with Crippen molar-refractivity contribution in [1.29, 1.82) is 0 Å². The smallest absolute Gasteiger partial charge is 0.158 e. The first-order valence-electron chi connectivity index (χ1n) is 14.4. The fourth-order valence-electron chi connectivity index (χ4n) is 7.15. The molecule has 1 aliphatic carbocycles. The molecule has 2 aromatic carbocycles. The number of aromatic nitrogens is 6. The van der Waals surface area contributed by atoms with Crippen molar-refractivity contribution in [3.05, 3.63) is 71.7 Å². The molecule has 1 N–H and O–H groups in total. The highest BCUT2D eigenvalue weighted by Crippen LogP contribution is 2.38. The van der Waals surface area contributed by atoms with Crippen molar-refractivity contribution in [3.63, 3.8) is 0 Å². The van der Waals surface area contributed by atoms with E-state index in [1.165, 1.54) is 36.0 Å². The van der Waals surface area contributed by atoms with Crippen molar-refractivity contribution >= 4 is 11.0 Å². The van der Waals surface area contributed by atoms with Crippen LogP contribution in [0.25, 0.3) is 44.8 Å². The van der Waals surface area contributed by atoms with Gasteiger partial charge in [0, 0.05) is 53.4 Å². The number of benzene rings is 2. The molecule has 5 heterocycles. The van der Waals surface area contributed by atoms with Crippen LogP contribution in [0, 0.1) is 6.92 Å². The molecular formula is C32H33N7O. The Hall–Kier alpha value is -3.88. The van der Waals surface area contributed by atoms with Crippen LogP contribution in [0.3, 0.4) is 0 Å². The zero-order valence-electron chi connectivity index (χ0n) is 23.0. The SMILES string of the molecule is Cc1nc(-c2ccc(-c3n[nH]c4ncc(-c5ccc6c(c5)CC[C@@H](N5C7COCC5C7)CC6)cc34)cc2)n(C)n1. The Balaban J connectivity index is 1.06.